The molecular formula is C20H18N4O3S2. The maximum Gasteiger partial charge on any atom is 0.257 e. The molecule has 0 atom stereocenters. The first-order valence-electron chi connectivity index (χ1n) is 8.90. The van der Waals surface area contributed by atoms with E-state index in [2.05, 4.69) is 26.6 Å². The Balaban J connectivity index is 1.40. The summed E-state index contributed by atoms with van der Waals surface area (Å²) in [6.45, 7) is 3.79. The van der Waals surface area contributed by atoms with Crippen LogP contribution in [0.25, 0.3) is 16.7 Å². The van der Waals surface area contributed by atoms with E-state index in [1.54, 1.807) is 29.9 Å². The molecule has 2 heterocycles. The molecule has 148 valence electrons. The normalized spacial score (nSPS) is 13.7. The smallest absolute Gasteiger partial charge is 0.257 e. The highest BCUT2D eigenvalue weighted by molar-refractivity contribution is 7.93. The van der Waals surface area contributed by atoms with Crippen LogP contribution in [0.4, 0.5) is 10.8 Å². The summed E-state index contributed by atoms with van der Waals surface area (Å²) in [7, 11) is -3.39. The molecule has 1 aliphatic rings. The molecule has 2 N–H and O–H groups in total. The van der Waals surface area contributed by atoms with Gasteiger partial charge in [-0.3, -0.25) is 14.5 Å². The first-order valence-corrected chi connectivity index (χ1v) is 11.3. The minimum absolute atomic E-state index is 0.162. The van der Waals surface area contributed by atoms with Crippen LogP contribution in [0.5, 0.6) is 0 Å². The van der Waals surface area contributed by atoms with Crippen molar-refractivity contribution >= 4 is 43.7 Å². The third kappa shape index (κ3) is 4.52. The number of anilines is 2. The van der Waals surface area contributed by atoms with Crippen LogP contribution >= 0.6 is 11.3 Å². The molecule has 29 heavy (non-hydrogen) atoms. The van der Waals surface area contributed by atoms with Crippen molar-refractivity contribution in [1.29, 1.82) is 0 Å². The zero-order valence-electron chi connectivity index (χ0n) is 15.3. The molecule has 0 aliphatic heterocycles. The Hall–Kier alpha value is -3.04. The monoisotopic (exact) mass is 426 g/mol. The van der Waals surface area contributed by atoms with E-state index in [1.807, 2.05) is 24.3 Å². The minimum Gasteiger partial charge on any atom is -0.322 e. The number of aromatic nitrogens is 2. The number of pyridine rings is 1. The fourth-order valence-electron chi connectivity index (χ4n) is 2.64. The number of hydrogen-bond acceptors (Lipinski definition) is 6. The van der Waals surface area contributed by atoms with Gasteiger partial charge in [-0.25, -0.2) is 13.4 Å². The van der Waals surface area contributed by atoms with Gasteiger partial charge in [-0.1, -0.05) is 24.8 Å². The Morgan fingerprint density at radius 2 is 1.90 bits per heavy atom. The van der Waals surface area contributed by atoms with Gasteiger partial charge in [-0.2, -0.15) is 0 Å². The van der Waals surface area contributed by atoms with Gasteiger partial charge in [0.25, 0.3) is 5.91 Å². The van der Waals surface area contributed by atoms with Crippen LogP contribution in [-0.2, 0) is 14.8 Å². The standard InChI is InChI=1S/C20H18N4O3S2/c1-13(18-12-28-20(23-18)24-29(26,27)17-8-9-17)19(25)22-16-6-4-14(5-7-16)15-3-2-10-21-11-15/h2-7,10-12,17H,1,8-9H2,(H,22,25)(H,23,24). The van der Waals surface area contributed by atoms with Gasteiger partial charge in [0, 0.05) is 23.5 Å². The van der Waals surface area contributed by atoms with Crippen molar-refractivity contribution in [3.05, 3.63) is 66.4 Å². The van der Waals surface area contributed by atoms with Crippen molar-refractivity contribution in [1.82, 2.24) is 9.97 Å². The lowest BCUT2D eigenvalue weighted by molar-refractivity contribution is -0.111. The molecule has 1 fully saturated rings. The van der Waals surface area contributed by atoms with Gasteiger partial charge in [0.05, 0.1) is 16.5 Å². The van der Waals surface area contributed by atoms with Gasteiger partial charge in [0.2, 0.25) is 10.0 Å². The lowest BCUT2D eigenvalue weighted by atomic mass is 10.1. The van der Waals surface area contributed by atoms with E-state index in [9.17, 15) is 13.2 Å². The molecule has 9 heteroatoms. The van der Waals surface area contributed by atoms with E-state index in [0.717, 1.165) is 22.5 Å². The number of hydrogen-bond donors (Lipinski definition) is 2. The van der Waals surface area contributed by atoms with Gasteiger partial charge in [0.15, 0.2) is 5.13 Å². The van der Waals surface area contributed by atoms with E-state index in [1.165, 1.54) is 0 Å². The number of nitrogens with zero attached hydrogens (tertiary/aromatic N) is 2. The van der Waals surface area contributed by atoms with Crippen LogP contribution in [0.15, 0.2) is 60.8 Å². The molecule has 7 nitrogen and oxygen atoms in total. The number of carbonyl (C=O) groups is 1. The molecule has 1 saturated carbocycles. The van der Waals surface area contributed by atoms with Gasteiger partial charge in [-0.05, 0) is 42.2 Å². The summed E-state index contributed by atoms with van der Waals surface area (Å²) in [5, 5.41) is 4.29. The number of nitrogens with one attached hydrogen (secondary N) is 2. The van der Waals surface area contributed by atoms with E-state index >= 15 is 0 Å². The van der Waals surface area contributed by atoms with E-state index < -0.39 is 15.9 Å². The Bertz CT molecular complexity index is 1150. The second-order valence-corrected chi connectivity index (χ2v) is 9.45. The number of sulfonamides is 1. The minimum atomic E-state index is -3.39. The largest absolute Gasteiger partial charge is 0.322 e. The molecule has 0 bridgehead atoms. The fraction of sp³-hybridized carbons (Fsp3) is 0.150. The van der Waals surface area contributed by atoms with Crippen molar-refractivity contribution in [2.75, 3.05) is 10.0 Å². The average Bonchev–Trinajstić information content (AvgIpc) is 3.50. The van der Waals surface area contributed by atoms with Crippen molar-refractivity contribution in [2.45, 2.75) is 18.1 Å². The number of rotatable bonds is 7. The fourth-order valence-corrected chi connectivity index (χ4v) is 4.97. The molecule has 0 saturated heterocycles. The third-order valence-corrected chi connectivity index (χ3v) is 7.13. The van der Waals surface area contributed by atoms with Gasteiger partial charge < -0.3 is 5.32 Å². The third-order valence-electron chi connectivity index (χ3n) is 4.42. The first kappa shape index (κ1) is 19.3. The van der Waals surface area contributed by atoms with Crippen LogP contribution < -0.4 is 10.0 Å². The summed E-state index contributed by atoms with van der Waals surface area (Å²) in [6.07, 6.45) is 4.82. The summed E-state index contributed by atoms with van der Waals surface area (Å²) in [5.41, 5.74) is 3.09. The Morgan fingerprint density at radius 3 is 2.55 bits per heavy atom. The maximum atomic E-state index is 12.5. The van der Waals surface area contributed by atoms with Crippen molar-refractivity contribution in [2.24, 2.45) is 0 Å². The van der Waals surface area contributed by atoms with Gasteiger partial charge in [0.1, 0.15) is 0 Å². The molecule has 0 unspecified atom stereocenters. The van der Waals surface area contributed by atoms with Crippen LogP contribution in [0.1, 0.15) is 18.5 Å². The SMILES string of the molecule is C=C(C(=O)Nc1ccc(-c2cccnc2)cc1)c1csc(NS(=O)(=O)C2CC2)n1. The number of benzene rings is 1. The average molecular weight is 427 g/mol. The van der Waals surface area contributed by atoms with Gasteiger partial charge >= 0.3 is 0 Å². The number of thiazole rings is 1. The quantitative estimate of drug-likeness (QED) is 0.560. The van der Waals surface area contributed by atoms with E-state index in [0.29, 0.717) is 24.2 Å². The van der Waals surface area contributed by atoms with Crippen molar-refractivity contribution in [3.8, 4) is 11.1 Å². The van der Waals surface area contributed by atoms with Crippen LogP contribution in [-0.4, -0.2) is 29.5 Å². The van der Waals surface area contributed by atoms with Crippen LogP contribution in [0, 0.1) is 0 Å². The Morgan fingerprint density at radius 1 is 1.14 bits per heavy atom. The zero-order chi connectivity index (χ0) is 20.4. The second kappa shape index (κ2) is 7.76. The molecule has 4 rings (SSSR count). The summed E-state index contributed by atoms with van der Waals surface area (Å²) in [5.74, 6) is -0.402. The lowest BCUT2D eigenvalue weighted by Gasteiger charge is -2.07. The summed E-state index contributed by atoms with van der Waals surface area (Å²) in [6, 6.07) is 11.2. The van der Waals surface area contributed by atoms with Crippen molar-refractivity contribution < 1.29 is 13.2 Å². The molecule has 1 amide bonds. The summed E-state index contributed by atoms with van der Waals surface area (Å²) >= 11 is 1.13. The van der Waals surface area contributed by atoms with E-state index in [4.69, 9.17) is 0 Å². The van der Waals surface area contributed by atoms with Crippen LogP contribution in [0.2, 0.25) is 0 Å². The van der Waals surface area contributed by atoms with Crippen molar-refractivity contribution in [3.63, 3.8) is 0 Å². The number of amides is 1. The molecule has 1 aromatic carbocycles. The molecule has 0 radical (unpaired) electrons. The Kier molecular flexibility index (Phi) is 5.16. The Labute approximate surface area is 172 Å². The maximum absolute atomic E-state index is 12.5. The lowest BCUT2D eigenvalue weighted by Crippen LogP contribution is -2.17. The zero-order valence-corrected chi connectivity index (χ0v) is 17.0. The highest BCUT2D eigenvalue weighted by atomic mass is 32.2. The summed E-state index contributed by atoms with van der Waals surface area (Å²) < 4.78 is 26.5. The molecule has 1 aliphatic carbocycles. The highest BCUT2D eigenvalue weighted by Gasteiger charge is 2.36. The highest BCUT2D eigenvalue weighted by Crippen LogP contribution is 2.31. The summed E-state index contributed by atoms with van der Waals surface area (Å²) in [4.78, 5) is 20.8. The molecule has 0 spiro atoms. The van der Waals surface area contributed by atoms with E-state index in [-0.39, 0.29) is 16.0 Å². The first-order chi connectivity index (χ1) is 13.9. The second-order valence-electron chi connectivity index (χ2n) is 6.64. The predicted molar refractivity (Wildman–Crippen MR) is 115 cm³/mol. The molecule has 3 aromatic rings. The molecular weight excluding hydrogens is 408 g/mol. The molecule has 2 aromatic heterocycles. The van der Waals surface area contributed by atoms with Crippen LogP contribution in [0.3, 0.4) is 0 Å². The number of carbonyl (C=O) groups excluding carboxylic acids is 1. The topological polar surface area (TPSA) is 101 Å². The van der Waals surface area contributed by atoms with Gasteiger partial charge in [-0.15, -0.1) is 11.3 Å². The predicted octanol–water partition coefficient (Wildman–Crippen LogP) is 3.76.